The number of fused-ring (bicyclic) bond motifs is 7. The molecule has 2 nitrogen and oxygen atoms in total. The summed E-state index contributed by atoms with van der Waals surface area (Å²) < 4.78 is 2.42. The van der Waals surface area contributed by atoms with Crippen LogP contribution in [0.1, 0.15) is 68.6 Å². The van der Waals surface area contributed by atoms with Gasteiger partial charge in [0.15, 0.2) is 0 Å². The summed E-state index contributed by atoms with van der Waals surface area (Å²) in [6.07, 6.45) is 6.48. The van der Waals surface area contributed by atoms with E-state index in [1.54, 1.807) is 0 Å². The van der Waals surface area contributed by atoms with E-state index in [4.69, 9.17) is 0 Å². The zero-order valence-corrected chi connectivity index (χ0v) is 36.1. The van der Waals surface area contributed by atoms with Crippen molar-refractivity contribution in [2.75, 3.05) is 4.90 Å². The van der Waals surface area contributed by atoms with Crippen LogP contribution in [0.2, 0.25) is 0 Å². The summed E-state index contributed by atoms with van der Waals surface area (Å²) in [4.78, 5) is 2.57. The summed E-state index contributed by atoms with van der Waals surface area (Å²) in [6, 6.07) is 74.9. The Labute approximate surface area is 370 Å². The minimum Gasteiger partial charge on any atom is -0.309 e. The topological polar surface area (TPSA) is 8.17 Å². The standard InChI is InChI=1S/C61H50N2/c1-61(2)52-34-12-9-29-50(52)60-53(61)35-19-39-57(60)63(54-36-13-10-28-48(54)49-33-17-23-42-22-16-31-46(58(42)49)41-20-5-3-6-21-41)45-27-15-24-43(40-45)47-32-18-38-56-59(47)51-30-11-14-37-55(51)62(56)44-25-7-4-8-26-44/h4,7-19,22-41H,3,5-6,20-21H2,1-2H3. The molecule has 0 atom stereocenters. The van der Waals surface area contributed by atoms with Crippen LogP contribution in [-0.2, 0) is 5.41 Å². The van der Waals surface area contributed by atoms with Crippen molar-refractivity contribution in [2.24, 2.45) is 0 Å². The van der Waals surface area contributed by atoms with Crippen LogP contribution in [0.3, 0.4) is 0 Å². The van der Waals surface area contributed by atoms with Crippen molar-refractivity contribution >= 4 is 49.6 Å². The molecule has 1 heterocycles. The maximum Gasteiger partial charge on any atom is 0.0547 e. The molecule has 2 heteroatoms. The first-order valence-corrected chi connectivity index (χ1v) is 22.9. The summed E-state index contributed by atoms with van der Waals surface area (Å²) in [5.74, 6) is 0.579. The molecule has 10 aromatic rings. The van der Waals surface area contributed by atoms with E-state index in [0.717, 1.165) is 5.69 Å². The molecule has 63 heavy (non-hydrogen) atoms. The molecule has 0 radical (unpaired) electrons. The molecule has 304 valence electrons. The third kappa shape index (κ3) is 5.99. The third-order valence-corrected chi connectivity index (χ3v) is 14.4. The minimum atomic E-state index is -0.137. The number of aromatic nitrogens is 1. The summed E-state index contributed by atoms with van der Waals surface area (Å²) in [5.41, 5.74) is 18.8. The quantitative estimate of drug-likeness (QED) is 0.156. The maximum absolute atomic E-state index is 2.57. The van der Waals surface area contributed by atoms with Crippen LogP contribution in [-0.4, -0.2) is 4.57 Å². The molecule has 1 saturated carbocycles. The number of para-hydroxylation sites is 3. The van der Waals surface area contributed by atoms with Crippen LogP contribution in [0.25, 0.3) is 71.6 Å². The van der Waals surface area contributed by atoms with Gasteiger partial charge in [0.2, 0.25) is 0 Å². The fourth-order valence-corrected chi connectivity index (χ4v) is 11.5. The van der Waals surface area contributed by atoms with Gasteiger partial charge in [0, 0.05) is 38.7 Å². The first kappa shape index (κ1) is 37.6. The van der Waals surface area contributed by atoms with Crippen molar-refractivity contribution < 1.29 is 0 Å². The van der Waals surface area contributed by atoms with E-state index >= 15 is 0 Å². The van der Waals surface area contributed by atoms with E-state index in [2.05, 4.69) is 224 Å². The Hall–Kier alpha value is -7.16. The molecule has 0 bridgehead atoms. The predicted molar refractivity (Wildman–Crippen MR) is 267 cm³/mol. The van der Waals surface area contributed by atoms with E-state index in [-0.39, 0.29) is 5.41 Å². The zero-order chi connectivity index (χ0) is 42.1. The fourth-order valence-electron chi connectivity index (χ4n) is 11.5. The number of anilines is 3. The van der Waals surface area contributed by atoms with E-state index < -0.39 is 0 Å². The molecule has 0 unspecified atom stereocenters. The Morgan fingerprint density at radius 2 is 1.11 bits per heavy atom. The van der Waals surface area contributed by atoms with Crippen molar-refractivity contribution in [1.29, 1.82) is 0 Å². The summed E-state index contributed by atoms with van der Waals surface area (Å²) >= 11 is 0. The first-order valence-electron chi connectivity index (χ1n) is 22.9. The molecule has 2 aliphatic carbocycles. The van der Waals surface area contributed by atoms with E-state index in [1.807, 2.05) is 0 Å². The largest absolute Gasteiger partial charge is 0.309 e. The monoisotopic (exact) mass is 810 g/mol. The van der Waals surface area contributed by atoms with Crippen LogP contribution in [0.15, 0.2) is 200 Å². The number of benzene rings is 9. The van der Waals surface area contributed by atoms with Crippen molar-refractivity contribution in [3.63, 3.8) is 0 Å². The van der Waals surface area contributed by atoms with Gasteiger partial charge in [-0.3, -0.25) is 0 Å². The minimum absolute atomic E-state index is 0.137. The second kappa shape index (κ2) is 15.0. The molecular weight excluding hydrogens is 761 g/mol. The van der Waals surface area contributed by atoms with Crippen LogP contribution >= 0.6 is 0 Å². The summed E-state index contributed by atoms with van der Waals surface area (Å²) in [6.45, 7) is 4.77. The van der Waals surface area contributed by atoms with E-state index in [1.165, 1.54) is 132 Å². The highest BCUT2D eigenvalue weighted by molar-refractivity contribution is 6.16. The second-order valence-electron chi connectivity index (χ2n) is 18.2. The average Bonchev–Trinajstić information content (AvgIpc) is 3.81. The SMILES string of the molecule is CC1(C)c2ccccc2-c2c(N(c3cccc(-c4cccc5c4c4ccccc4n5-c4ccccc4)c3)c3ccccc3-c3cccc4cccc(C5CCCCC5)c34)cccc21. The highest BCUT2D eigenvalue weighted by Gasteiger charge is 2.38. The fraction of sp³-hybridized carbons (Fsp3) is 0.148. The van der Waals surface area contributed by atoms with E-state index in [0.29, 0.717) is 5.92 Å². The Bertz CT molecular complexity index is 3360. The third-order valence-electron chi connectivity index (χ3n) is 14.4. The molecule has 12 rings (SSSR count). The van der Waals surface area contributed by atoms with E-state index in [9.17, 15) is 0 Å². The van der Waals surface area contributed by atoms with Gasteiger partial charge in [0.05, 0.1) is 22.4 Å². The summed E-state index contributed by atoms with van der Waals surface area (Å²) in [5, 5.41) is 5.24. The second-order valence-corrected chi connectivity index (χ2v) is 18.2. The molecule has 9 aromatic carbocycles. The van der Waals surface area contributed by atoms with Crippen molar-refractivity contribution in [2.45, 2.75) is 57.3 Å². The normalized spacial score (nSPS) is 14.6. The molecule has 0 N–H and O–H groups in total. The Balaban J connectivity index is 1.12. The number of rotatable bonds is 7. The summed E-state index contributed by atoms with van der Waals surface area (Å²) in [7, 11) is 0. The van der Waals surface area contributed by atoms with Crippen molar-refractivity contribution in [3.8, 4) is 39.1 Å². The Morgan fingerprint density at radius 3 is 1.98 bits per heavy atom. The molecule has 1 aromatic heterocycles. The van der Waals surface area contributed by atoms with Gasteiger partial charge in [-0.15, -0.1) is 0 Å². The molecule has 0 amide bonds. The molecular formula is C61H50N2. The molecule has 0 saturated heterocycles. The molecule has 2 aliphatic rings. The molecule has 0 spiro atoms. The van der Waals surface area contributed by atoms with Gasteiger partial charge in [-0.2, -0.15) is 0 Å². The lowest BCUT2D eigenvalue weighted by molar-refractivity contribution is 0.445. The van der Waals surface area contributed by atoms with Gasteiger partial charge in [-0.25, -0.2) is 0 Å². The number of hydrogen-bond donors (Lipinski definition) is 0. The first-order chi connectivity index (χ1) is 31.1. The van der Waals surface area contributed by atoms with Crippen molar-refractivity contribution in [1.82, 2.24) is 4.57 Å². The van der Waals surface area contributed by atoms with Crippen LogP contribution in [0.4, 0.5) is 17.1 Å². The van der Waals surface area contributed by atoms with Gasteiger partial charge in [0.25, 0.3) is 0 Å². The number of nitrogens with zero attached hydrogens (tertiary/aromatic N) is 2. The Morgan fingerprint density at radius 1 is 0.476 bits per heavy atom. The predicted octanol–water partition coefficient (Wildman–Crippen LogP) is 17.1. The van der Waals surface area contributed by atoms with Crippen molar-refractivity contribution in [3.05, 3.63) is 217 Å². The van der Waals surface area contributed by atoms with Gasteiger partial charge in [-0.1, -0.05) is 185 Å². The molecule has 0 aliphatic heterocycles. The smallest absolute Gasteiger partial charge is 0.0547 e. The van der Waals surface area contributed by atoms with Gasteiger partial charge < -0.3 is 9.47 Å². The highest BCUT2D eigenvalue weighted by atomic mass is 15.1. The van der Waals surface area contributed by atoms with Crippen LogP contribution in [0, 0.1) is 0 Å². The van der Waals surface area contributed by atoms with Gasteiger partial charge in [0.1, 0.15) is 0 Å². The lowest BCUT2D eigenvalue weighted by Crippen LogP contribution is -2.16. The van der Waals surface area contributed by atoms with Crippen LogP contribution < -0.4 is 4.90 Å². The average molecular weight is 811 g/mol. The zero-order valence-electron chi connectivity index (χ0n) is 36.1. The van der Waals surface area contributed by atoms with Gasteiger partial charge in [-0.05, 0) is 117 Å². The molecule has 1 fully saturated rings. The lowest BCUT2D eigenvalue weighted by Gasteiger charge is -2.31. The maximum atomic E-state index is 2.57. The number of hydrogen-bond acceptors (Lipinski definition) is 1. The van der Waals surface area contributed by atoms with Crippen LogP contribution in [0.5, 0.6) is 0 Å². The highest BCUT2D eigenvalue weighted by Crippen LogP contribution is 2.55. The Kier molecular flexibility index (Phi) is 8.97. The van der Waals surface area contributed by atoms with Gasteiger partial charge >= 0.3 is 0 Å². The lowest BCUT2D eigenvalue weighted by atomic mass is 9.80.